The van der Waals surface area contributed by atoms with E-state index in [9.17, 15) is 19.2 Å². The molecule has 0 saturated carbocycles. The summed E-state index contributed by atoms with van der Waals surface area (Å²) in [6.45, 7) is 0. The summed E-state index contributed by atoms with van der Waals surface area (Å²) >= 11 is 5.37. The molecule has 3 unspecified atom stereocenters. The third kappa shape index (κ3) is 3.78. The molecular weight excluding hydrogens is 328 g/mol. The molecule has 0 aromatic heterocycles. The Balaban J connectivity index is 2.15. The molecular formula is C14H13ClN2O6. The van der Waals surface area contributed by atoms with Gasteiger partial charge in [0.05, 0.1) is 0 Å². The number of hydrogen-bond acceptors (Lipinski definition) is 5. The van der Waals surface area contributed by atoms with E-state index in [2.05, 4.69) is 10.6 Å². The van der Waals surface area contributed by atoms with Gasteiger partial charge in [-0.2, -0.15) is 0 Å². The number of carbonyl (C=O) groups excluding carboxylic acids is 3. The maximum atomic E-state index is 12.3. The van der Waals surface area contributed by atoms with Gasteiger partial charge in [-0.25, -0.2) is 4.79 Å². The van der Waals surface area contributed by atoms with Crippen molar-refractivity contribution in [1.29, 1.82) is 0 Å². The molecule has 1 aromatic carbocycles. The van der Waals surface area contributed by atoms with E-state index >= 15 is 0 Å². The van der Waals surface area contributed by atoms with E-state index in [1.165, 1.54) is 0 Å². The predicted octanol–water partition coefficient (Wildman–Crippen LogP) is -0.422. The molecule has 1 aromatic rings. The number of esters is 1. The van der Waals surface area contributed by atoms with Crippen LogP contribution in [0.3, 0.4) is 0 Å². The van der Waals surface area contributed by atoms with E-state index in [4.69, 9.17) is 21.4 Å². The lowest BCUT2D eigenvalue weighted by molar-refractivity contribution is -0.157. The molecule has 1 saturated heterocycles. The Morgan fingerprint density at radius 3 is 2.48 bits per heavy atom. The molecule has 0 radical (unpaired) electrons. The second kappa shape index (κ2) is 7.10. The van der Waals surface area contributed by atoms with E-state index in [-0.39, 0.29) is 0 Å². The second-order valence-electron chi connectivity index (χ2n) is 4.72. The van der Waals surface area contributed by atoms with Crippen molar-refractivity contribution in [2.75, 3.05) is 5.88 Å². The number of carboxylic acids is 1. The lowest BCUT2D eigenvalue weighted by Gasteiger charge is -2.34. The number of nitrogens with one attached hydrogen (secondary N) is 2. The third-order valence-corrected chi connectivity index (χ3v) is 3.39. The van der Waals surface area contributed by atoms with Crippen molar-refractivity contribution in [2.24, 2.45) is 0 Å². The summed E-state index contributed by atoms with van der Waals surface area (Å²) in [5, 5.41) is 13.3. The number of amides is 2. The molecule has 122 valence electrons. The van der Waals surface area contributed by atoms with Crippen molar-refractivity contribution in [3.63, 3.8) is 0 Å². The van der Waals surface area contributed by atoms with Crippen molar-refractivity contribution in [3.8, 4) is 0 Å². The lowest BCUT2D eigenvalue weighted by Crippen LogP contribution is -2.72. The van der Waals surface area contributed by atoms with Gasteiger partial charge < -0.3 is 20.5 Å². The molecule has 0 bridgehead atoms. The van der Waals surface area contributed by atoms with Crippen LogP contribution < -0.4 is 10.6 Å². The van der Waals surface area contributed by atoms with Crippen molar-refractivity contribution in [2.45, 2.75) is 18.2 Å². The Labute approximate surface area is 135 Å². The molecule has 1 fully saturated rings. The summed E-state index contributed by atoms with van der Waals surface area (Å²) in [6, 6.07) is 5.66. The number of benzene rings is 1. The Hall–Kier alpha value is -2.61. The minimum absolute atomic E-state index is 0.370. The van der Waals surface area contributed by atoms with Crippen LogP contribution in [-0.2, 0) is 23.9 Å². The number of β-lactam (4-membered cyclic amide) rings is 1. The monoisotopic (exact) mass is 340 g/mol. The van der Waals surface area contributed by atoms with Gasteiger partial charge in [-0.3, -0.25) is 14.4 Å². The van der Waals surface area contributed by atoms with Crippen LogP contribution in [0, 0.1) is 0 Å². The Morgan fingerprint density at radius 1 is 1.30 bits per heavy atom. The minimum Gasteiger partial charge on any atom is -0.480 e. The molecule has 9 heteroatoms. The normalized spacial score (nSPS) is 20.7. The number of aliphatic carboxylic acids is 1. The van der Waals surface area contributed by atoms with Gasteiger partial charge in [-0.05, 0) is 0 Å². The fourth-order valence-corrected chi connectivity index (χ4v) is 2.09. The Kier molecular flexibility index (Phi) is 5.17. The quantitative estimate of drug-likeness (QED) is 0.367. The fourth-order valence-electron chi connectivity index (χ4n) is 2.03. The molecule has 0 aliphatic carbocycles. The van der Waals surface area contributed by atoms with Crippen molar-refractivity contribution in [3.05, 3.63) is 35.9 Å². The molecule has 0 spiro atoms. The number of carbonyl (C=O) groups is 4. The largest absolute Gasteiger partial charge is 0.480 e. The zero-order valence-corrected chi connectivity index (χ0v) is 12.4. The van der Waals surface area contributed by atoms with Crippen LogP contribution in [0.4, 0.5) is 0 Å². The van der Waals surface area contributed by atoms with Gasteiger partial charge in [0.15, 0.2) is 6.04 Å². The molecule has 1 aliphatic heterocycles. The first kappa shape index (κ1) is 16.8. The summed E-state index contributed by atoms with van der Waals surface area (Å²) < 4.78 is 4.99. The third-order valence-electron chi connectivity index (χ3n) is 3.18. The van der Waals surface area contributed by atoms with Crippen LogP contribution in [0.5, 0.6) is 0 Å². The highest BCUT2D eigenvalue weighted by Gasteiger charge is 2.46. The molecule has 2 rings (SSSR count). The van der Waals surface area contributed by atoms with Crippen LogP contribution >= 0.6 is 11.6 Å². The van der Waals surface area contributed by atoms with Gasteiger partial charge in [0.1, 0.15) is 11.9 Å². The minimum atomic E-state index is -1.33. The first-order valence-corrected chi connectivity index (χ1v) is 7.11. The average Bonchev–Trinajstić information content (AvgIpc) is 2.55. The van der Waals surface area contributed by atoms with Gasteiger partial charge in [0, 0.05) is 5.56 Å². The van der Waals surface area contributed by atoms with Gasteiger partial charge >= 0.3 is 11.9 Å². The van der Waals surface area contributed by atoms with Crippen LogP contribution in [-0.4, -0.2) is 46.8 Å². The number of halogens is 1. The van der Waals surface area contributed by atoms with Crippen LogP contribution in [0.25, 0.3) is 0 Å². The summed E-state index contributed by atoms with van der Waals surface area (Å²) in [6.07, 6.45) is -1.33. The first-order valence-electron chi connectivity index (χ1n) is 6.58. The molecule has 3 N–H and O–H groups in total. The van der Waals surface area contributed by atoms with E-state index in [1.54, 1.807) is 30.3 Å². The number of alkyl halides is 1. The van der Waals surface area contributed by atoms with E-state index in [0.29, 0.717) is 5.56 Å². The SMILES string of the molecule is O=C(CCl)OC(C(=O)NC1C(=O)NC1C(=O)O)c1ccccc1. The smallest absolute Gasteiger partial charge is 0.328 e. The molecule has 23 heavy (non-hydrogen) atoms. The van der Waals surface area contributed by atoms with Crippen LogP contribution in [0.15, 0.2) is 30.3 Å². The van der Waals surface area contributed by atoms with Gasteiger partial charge in [-0.15, -0.1) is 11.6 Å². The standard InChI is InChI=1S/C14H13ClN2O6/c15-6-8(18)23-11(7-4-2-1-3-5-7)13(20)16-9-10(14(21)22)17-12(9)19/h1-5,9-11H,6H2,(H,16,20)(H,17,19)(H,21,22). The maximum absolute atomic E-state index is 12.3. The maximum Gasteiger partial charge on any atom is 0.328 e. The van der Waals surface area contributed by atoms with Gasteiger partial charge in [-0.1, -0.05) is 30.3 Å². The summed E-state index contributed by atoms with van der Waals surface area (Å²) in [5.74, 6) is -3.97. The molecule has 3 atom stereocenters. The number of rotatable bonds is 6. The highest BCUT2D eigenvalue weighted by atomic mass is 35.5. The molecule has 8 nitrogen and oxygen atoms in total. The Morgan fingerprint density at radius 2 is 1.96 bits per heavy atom. The van der Waals surface area contributed by atoms with E-state index < -0.39 is 47.8 Å². The number of hydrogen-bond donors (Lipinski definition) is 3. The number of ether oxygens (including phenoxy) is 1. The summed E-state index contributed by atoms with van der Waals surface area (Å²) in [5.41, 5.74) is 0.370. The molecule has 1 heterocycles. The lowest BCUT2D eigenvalue weighted by atomic mass is 9.98. The first-order chi connectivity index (χ1) is 10.9. The zero-order chi connectivity index (χ0) is 17.0. The van der Waals surface area contributed by atoms with E-state index in [1.807, 2.05) is 0 Å². The fraction of sp³-hybridized carbons (Fsp3) is 0.286. The highest BCUT2D eigenvalue weighted by Crippen LogP contribution is 2.19. The zero-order valence-electron chi connectivity index (χ0n) is 11.7. The van der Waals surface area contributed by atoms with Crippen molar-refractivity contribution in [1.82, 2.24) is 10.6 Å². The highest BCUT2D eigenvalue weighted by molar-refractivity contribution is 6.26. The van der Waals surface area contributed by atoms with Crippen molar-refractivity contribution < 1.29 is 29.0 Å². The van der Waals surface area contributed by atoms with Crippen LogP contribution in [0.1, 0.15) is 11.7 Å². The Bertz CT molecular complexity index is 635. The molecule has 2 amide bonds. The van der Waals surface area contributed by atoms with Gasteiger partial charge in [0.2, 0.25) is 12.0 Å². The summed E-state index contributed by atoms with van der Waals surface area (Å²) in [7, 11) is 0. The topological polar surface area (TPSA) is 122 Å². The second-order valence-corrected chi connectivity index (χ2v) is 4.99. The average molecular weight is 341 g/mol. The molecule has 1 aliphatic rings. The number of carboxylic acid groups (broad SMARTS) is 1. The van der Waals surface area contributed by atoms with Gasteiger partial charge in [0.25, 0.3) is 5.91 Å². The summed E-state index contributed by atoms with van der Waals surface area (Å²) in [4.78, 5) is 46.0. The predicted molar refractivity (Wildman–Crippen MR) is 77.5 cm³/mol. The van der Waals surface area contributed by atoms with Crippen LogP contribution in [0.2, 0.25) is 0 Å². The van der Waals surface area contributed by atoms with Crippen molar-refractivity contribution >= 4 is 35.4 Å². The van der Waals surface area contributed by atoms with E-state index in [0.717, 1.165) is 0 Å².